The number of hydrogen-bond acceptors (Lipinski definition) is 7. The normalized spacial score (nSPS) is 10.7. The summed E-state index contributed by atoms with van der Waals surface area (Å²) in [5.41, 5.74) is 0. The van der Waals surface area contributed by atoms with E-state index in [9.17, 15) is 0 Å². The quantitative estimate of drug-likeness (QED) is 0.887. The zero-order valence-electron chi connectivity index (χ0n) is 9.92. The first-order chi connectivity index (χ1) is 8.63. The van der Waals surface area contributed by atoms with Gasteiger partial charge < -0.3 is 14.6 Å². The van der Waals surface area contributed by atoms with Gasteiger partial charge in [-0.3, -0.25) is 0 Å². The van der Waals surface area contributed by atoms with Crippen molar-refractivity contribution < 1.29 is 9.26 Å². The Balaban J connectivity index is 2.05. The van der Waals surface area contributed by atoms with Crippen LogP contribution in [-0.2, 0) is 6.54 Å². The lowest BCUT2D eigenvalue weighted by molar-refractivity contribution is 0.222. The molecule has 0 aliphatic heterocycles. The molecule has 0 aliphatic carbocycles. The smallest absolute Gasteiger partial charge is 0.322 e. The minimum absolute atomic E-state index is 0.0365. The van der Waals surface area contributed by atoms with Crippen LogP contribution in [0.2, 0.25) is 5.28 Å². The van der Waals surface area contributed by atoms with Crippen LogP contribution in [0, 0.1) is 0 Å². The number of hydrogen-bond donors (Lipinski definition) is 1. The van der Waals surface area contributed by atoms with Crippen molar-refractivity contribution in [2.45, 2.75) is 26.5 Å². The summed E-state index contributed by atoms with van der Waals surface area (Å²) < 4.78 is 10.3. The molecule has 7 nitrogen and oxygen atoms in total. The Kier molecular flexibility index (Phi) is 3.93. The monoisotopic (exact) mass is 269 g/mol. The van der Waals surface area contributed by atoms with Crippen LogP contribution < -0.4 is 10.1 Å². The predicted molar refractivity (Wildman–Crippen MR) is 64.4 cm³/mol. The van der Waals surface area contributed by atoms with Gasteiger partial charge in [-0.05, 0) is 25.4 Å². The zero-order valence-corrected chi connectivity index (χ0v) is 10.7. The summed E-state index contributed by atoms with van der Waals surface area (Å²) in [5.74, 6) is 0.986. The fourth-order valence-corrected chi connectivity index (χ4v) is 1.33. The fourth-order valence-electron chi connectivity index (χ4n) is 1.17. The summed E-state index contributed by atoms with van der Waals surface area (Å²) >= 11 is 5.78. The maximum atomic E-state index is 5.78. The molecular formula is C10H12ClN5O2. The Morgan fingerprint density at radius 1 is 1.39 bits per heavy atom. The maximum absolute atomic E-state index is 5.78. The lowest BCUT2D eigenvalue weighted by Crippen LogP contribution is -2.11. The van der Waals surface area contributed by atoms with Crippen molar-refractivity contribution in [3.8, 4) is 6.01 Å². The highest BCUT2D eigenvalue weighted by molar-refractivity contribution is 6.28. The summed E-state index contributed by atoms with van der Waals surface area (Å²) in [7, 11) is 0. The van der Waals surface area contributed by atoms with Crippen molar-refractivity contribution in [2.75, 3.05) is 5.32 Å². The number of ether oxygens (including phenoxy) is 1. The van der Waals surface area contributed by atoms with E-state index in [1.54, 1.807) is 12.3 Å². The highest BCUT2D eigenvalue weighted by atomic mass is 35.5. The standard InChI is InChI=1S/C10H12ClN5O2/c1-6(2)17-10-15-8(11)14-9(16-10)12-5-7-3-4-13-18-7/h3-4,6H,5H2,1-2H3,(H,12,14,15,16). The molecule has 0 amide bonds. The highest BCUT2D eigenvalue weighted by Gasteiger charge is 2.08. The van der Waals surface area contributed by atoms with Gasteiger partial charge in [0.15, 0.2) is 5.76 Å². The average Bonchev–Trinajstić information content (AvgIpc) is 2.77. The summed E-state index contributed by atoms with van der Waals surface area (Å²) in [6.45, 7) is 4.15. The van der Waals surface area contributed by atoms with Gasteiger partial charge in [-0.15, -0.1) is 0 Å². The van der Waals surface area contributed by atoms with E-state index in [-0.39, 0.29) is 17.4 Å². The van der Waals surface area contributed by atoms with Crippen LogP contribution in [0.5, 0.6) is 6.01 Å². The van der Waals surface area contributed by atoms with Gasteiger partial charge in [0.1, 0.15) is 0 Å². The zero-order chi connectivity index (χ0) is 13.0. The maximum Gasteiger partial charge on any atom is 0.322 e. The second kappa shape index (κ2) is 5.63. The van der Waals surface area contributed by atoms with E-state index < -0.39 is 0 Å². The van der Waals surface area contributed by atoms with Crippen LogP contribution >= 0.6 is 11.6 Å². The summed E-state index contributed by atoms with van der Waals surface area (Å²) in [5, 5.41) is 6.60. The Labute approximate surface area is 109 Å². The largest absolute Gasteiger partial charge is 0.461 e. The van der Waals surface area contributed by atoms with E-state index in [2.05, 4.69) is 25.4 Å². The molecule has 0 bridgehead atoms. The van der Waals surface area contributed by atoms with Crippen LogP contribution in [0.15, 0.2) is 16.8 Å². The Morgan fingerprint density at radius 2 is 2.22 bits per heavy atom. The van der Waals surface area contributed by atoms with E-state index in [1.807, 2.05) is 13.8 Å². The van der Waals surface area contributed by atoms with Gasteiger partial charge in [-0.1, -0.05) is 5.16 Å². The molecule has 96 valence electrons. The van der Waals surface area contributed by atoms with Crippen molar-refractivity contribution in [1.82, 2.24) is 20.1 Å². The second-order valence-electron chi connectivity index (χ2n) is 3.71. The second-order valence-corrected chi connectivity index (χ2v) is 4.05. The van der Waals surface area contributed by atoms with Crippen LogP contribution in [0.3, 0.4) is 0 Å². The number of aromatic nitrogens is 4. The number of nitrogens with one attached hydrogen (secondary N) is 1. The SMILES string of the molecule is CC(C)Oc1nc(Cl)nc(NCc2ccno2)n1. The third-order valence-electron chi connectivity index (χ3n) is 1.84. The first-order valence-electron chi connectivity index (χ1n) is 5.35. The summed E-state index contributed by atoms with van der Waals surface area (Å²) in [6.07, 6.45) is 1.52. The molecule has 0 fully saturated rings. The molecule has 2 aromatic heterocycles. The first-order valence-corrected chi connectivity index (χ1v) is 5.73. The van der Waals surface area contributed by atoms with Gasteiger partial charge in [-0.2, -0.15) is 15.0 Å². The van der Waals surface area contributed by atoms with Gasteiger partial charge in [0, 0.05) is 6.07 Å². The molecule has 0 saturated heterocycles. The molecule has 2 heterocycles. The first kappa shape index (κ1) is 12.6. The third kappa shape index (κ3) is 3.56. The molecule has 0 spiro atoms. The fraction of sp³-hybridized carbons (Fsp3) is 0.400. The van der Waals surface area contributed by atoms with E-state index in [1.165, 1.54) is 0 Å². The van der Waals surface area contributed by atoms with Crippen molar-refractivity contribution in [1.29, 1.82) is 0 Å². The van der Waals surface area contributed by atoms with Gasteiger partial charge in [0.05, 0.1) is 18.8 Å². The van der Waals surface area contributed by atoms with Crippen LogP contribution in [0.1, 0.15) is 19.6 Å². The van der Waals surface area contributed by atoms with Crippen molar-refractivity contribution in [3.63, 3.8) is 0 Å². The predicted octanol–water partition coefficient (Wildman–Crippen LogP) is 1.91. The molecule has 2 rings (SSSR count). The van der Waals surface area contributed by atoms with E-state index in [4.69, 9.17) is 20.9 Å². The van der Waals surface area contributed by atoms with Crippen LogP contribution in [0.25, 0.3) is 0 Å². The molecule has 0 aromatic carbocycles. The molecular weight excluding hydrogens is 258 g/mol. The van der Waals surface area contributed by atoms with Crippen molar-refractivity contribution in [3.05, 3.63) is 23.3 Å². The molecule has 8 heteroatoms. The Morgan fingerprint density at radius 3 is 2.89 bits per heavy atom. The van der Waals surface area contributed by atoms with E-state index in [0.717, 1.165) is 0 Å². The van der Waals surface area contributed by atoms with Crippen LogP contribution in [0.4, 0.5) is 5.95 Å². The molecule has 2 aromatic rings. The van der Waals surface area contributed by atoms with E-state index in [0.29, 0.717) is 18.3 Å². The number of halogens is 1. The minimum atomic E-state index is -0.0365. The van der Waals surface area contributed by atoms with Gasteiger partial charge >= 0.3 is 6.01 Å². The molecule has 0 saturated carbocycles. The van der Waals surface area contributed by atoms with Gasteiger partial charge in [0.25, 0.3) is 0 Å². The minimum Gasteiger partial charge on any atom is -0.461 e. The Bertz CT molecular complexity index is 503. The molecule has 18 heavy (non-hydrogen) atoms. The molecule has 1 N–H and O–H groups in total. The lowest BCUT2D eigenvalue weighted by atomic mass is 10.4. The van der Waals surface area contributed by atoms with Gasteiger partial charge in [-0.25, -0.2) is 0 Å². The topological polar surface area (TPSA) is 86.0 Å². The highest BCUT2D eigenvalue weighted by Crippen LogP contribution is 2.13. The molecule has 0 unspecified atom stereocenters. The van der Waals surface area contributed by atoms with Gasteiger partial charge in [0.2, 0.25) is 11.2 Å². The third-order valence-corrected chi connectivity index (χ3v) is 2.01. The van der Waals surface area contributed by atoms with Crippen molar-refractivity contribution >= 4 is 17.5 Å². The number of anilines is 1. The average molecular weight is 270 g/mol. The number of nitrogens with zero attached hydrogens (tertiary/aromatic N) is 4. The molecule has 0 radical (unpaired) electrons. The molecule has 0 aliphatic rings. The summed E-state index contributed by atoms with van der Waals surface area (Å²) in [4.78, 5) is 11.9. The van der Waals surface area contributed by atoms with E-state index >= 15 is 0 Å². The Hall–Kier alpha value is -1.89. The summed E-state index contributed by atoms with van der Waals surface area (Å²) in [6, 6.07) is 1.92. The van der Waals surface area contributed by atoms with Crippen molar-refractivity contribution in [2.24, 2.45) is 0 Å². The lowest BCUT2D eigenvalue weighted by Gasteiger charge is -2.09. The van der Waals surface area contributed by atoms with Crippen LogP contribution in [-0.4, -0.2) is 26.2 Å². The molecule has 0 atom stereocenters. The number of rotatable bonds is 5.